The summed E-state index contributed by atoms with van der Waals surface area (Å²) in [5.41, 5.74) is 9.87. The van der Waals surface area contributed by atoms with Crippen molar-refractivity contribution in [3.8, 4) is 11.8 Å². The fraction of sp³-hybridized carbons (Fsp3) is 0.300. The van der Waals surface area contributed by atoms with Crippen LogP contribution in [0, 0.1) is 18.8 Å². The van der Waals surface area contributed by atoms with Crippen LogP contribution in [-0.4, -0.2) is 11.5 Å². The Hall–Kier alpha value is -1.98. The van der Waals surface area contributed by atoms with E-state index >= 15 is 0 Å². The molecule has 0 aliphatic rings. The summed E-state index contributed by atoms with van der Waals surface area (Å²) in [4.78, 5) is 6.76. The number of aryl methyl sites for hydroxylation is 1. The molecule has 70 valence electrons. The van der Waals surface area contributed by atoms with Crippen LogP contribution in [0.2, 0.25) is 0 Å². The van der Waals surface area contributed by atoms with Crippen LogP contribution in [0.1, 0.15) is 17.7 Å². The van der Waals surface area contributed by atoms with Crippen LogP contribution in [0.25, 0.3) is 10.4 Å². The molecule has 0 unspecified atom stereocenters. The molecule has 4 nitrogen and oxygen atoms in total. The summed E-state index contributed by atoms with van der Waals surface area (Å²) < 4.78 is 0. The Labute approximate surface area is 82.6 Å². The number of hydrogen-bond donors (Lipinski definition) is 0. The molecule has 1 rings (SSSR count). The highest BCUT2D eigenvalue weighted by molar-refractivity contribution is 5.34. The van der Waals surface area contributed by atoms with E-state index in [1.165, 1.54) is 0 Å². The first kappa shape index (κ1) is 10.1. The molecule has 1 heterocycles. The van der Waals surface area contributed by atoms with Crippen LogP contribution >= 0.6 is 0 Å². The van der Waals surface area contributed by atoms with Crippen molar-refractivity contribution in [1.82, 2.24) is 4.98 Å². The minimum absolute atomic E-state index is 0.412. The number of pyridine rings is 1. The lowest BCUT2D eigenvalue weighted by molar-refractivity contribution is 1.01. The van der Waals surface area contributed by atoms with Crippen molar-refractivity contribution < 1.29 is 0 Å². The van der Waals surface area contributed by atoms with Crippen molar-refractivity contribution in [2.45, 2.75) is 13.3 Å². The maximum atomic E-state index is 8.02. The maximum Gasteiger partial charge on any atom is 0.116 e. The zero-order valence-corrected chi connectivity index (χ0v) is 7.94. The third-order valence-electron chi connectivity index (χ3n) is 1.62. The summed E-state index contributed by atoms with van der Waals surface area (Å²) in [6, 6.07) is 3.84. The summed E-state index contributed by atoms with van der Waals surface area (Å²) in [7, 11) is 0. The molecule has 0 saturated carbocycles. The van der Waals surface area contributed by atoms with Crippen LogP contribution in [-0.2, 0) is 0 Å². The van der Waals surface area contributed by atoms with Crippen molar-refractivity contribution in [3.63, 3.8) is 0 Å². The Balaban J connectivity index is 2.59. The highest BCUT2D eigenvalue weighted by atomic mass is 15.1. The molecule has 0 amide bonds. The average Bonchev–Trinajstić information content (AvgIpc) is 2.20. The van der Waals surface area contributed by atoms with Gasteiger partial charge in [-0.05, 0) is 30.0 Å². The summed E-state index contributed by atoms with van der Waals surface area (Å²) >= 11 is 0. The third-order valence-corrected chi connectivity index (χ3v) is 1.62. The predicted molar refractivity (Wildman–Crippen MR) is 54.5 cm³/mol. The van der Waals surface area contributed by atoms with E-state index in [1.807, 2.05) is 19.1 Å². The van der Waals surface area contributed by atoms with Crippen LogP contribution < -0.4 is 0 Å². The standard InChI is InChI=1S/C10H10N4/c1-9-5-4-7-12-10(9)6-2-3-8-13-14-11/h4-5,7H,3,8H2,1H3. The molecular weight excluding hydrogens is 176 g/mol. The van der Waals surface area contributed by atoms with E-state index in [9.17, 15) is 0 Å². The molecule has 0 atom stereocenters. The van der Waals surface area contributed by atoms with Gasteiger partial charge in [0.15, 0.2) is 0 Å². The Morgan fingerprint density at radius 3 is 3.21 bits per heavy atom. The lowest BCUT2D eigenvalue weighted by Gasteiger charge is -1.93. The van der Waals surface area contributed by atoms with Gasteiger partial charge in [0, 0.05) is 24.1 Å². The van der Waals surface area contributed by atoms with E-state index in [1.54, 1.807) is 6.20 Å². The molecule has 14 heavy (non-hydrogen) atoms. The molecule has 1 aromatic rings. The highest BCUT2D eigenvalue weighted by Crippen LogP contribution is 2.00. The average molecular weight is 186 g/mol. The van der Waals surface area contributed by atoms with Crippen LogP contribution in [0.5, 0.6) is 0 Å². The van der Waals surface area contributed by atoms with Crippen molar-refractivity contribution in [1.29, 1.82) is 0 Å². The lowest BCUT2D eigenvalue weighted by atomic mass is 10.2. The van der Waals surface area contributed by atoms with Crippen molar-refractivity contribution in [2.24, 2.45) is 5.11 Å². The van der Waals surface area contributed by atoms with Gasteiger partial charge < -0.3 is 0 Å². The predicted octanol–water partition coefficient (Wildman–Crippen LogP) is 2.44. The molecule has 0 bridgehead atoms. The SMILES string of the molecule is Cc1cccnc1C#CCCN=[N+]=[N-]. The van der Waals surface area contributed by atoms with E-state index in [2.05, 4.69) is 26.9 Å². The van der Waals surface area contributed by atoms with Gasteiger partial charge in [-0.2, -0.15) is 0 Å². The van der Waals surface area contributed by atoms with Gasteiger partial charge in [0.1, 0.15) is 5.69 Å². The normalized spacial score (nSPS) is 8.36. The van der Waals surface area contributed by atoms with Gasteiger partial charge in [-0.25, -0.2) is 4.98 Å². The third kappa shape index (κ3) is 3.18. The van der Waals surface area contributed by atoms with E-state index < -0.39 is 0 Å². The molecular formula is C10H10N4. The summed E-state index contributed by atoms with van der Waals surface area (Å²) in [6.07, 6.45) is 2.28. The molecule has 0 aliphatic heterocycles. The Morgan fingerprint density at radius 1 is 1.64 bits per heavy atom. The Morgan fingerprint density at radius 2 is 2.50 bits per heavy atom. The first-order chi connectivity index (χ1) is 6.84. The van der Waals surface area contributed by atoms with E-state index in [0.29, 0.717) is 13.0 Å². The van der Waals surface area contributed by atoms with Crippen molar-refractivity contribution in [3.05, 3.63) is 40.0 Å². The largest absolute Gasteiger partial charge is 0.248 e. The van der Waals surface area contributed by atoms with Gasteiger partial charge in [0.05, 0.1) is 0 Å². The topological polar surface area (TPSA) is 61.7 Å². The van der Waals surface area contributed by atoms with Gasteiger partial charge in [-0.15, -0.1) is 0 Å². The molecule has 0 fully saturated rings. The molecule has 1 aromatic heterocycles. The van der Waals surface area contributed by atoms with Crippen LogP contribution in [0.3, 0.4) is 0 Å². The molecule has 0 spiro atoms. The smallest absolute Gasteiger partial charge is 0.116 e. The fourth-order valence-corrected chi connectivity index (χ4v) is 0.913. The second kappa shape index (κ2) is 5.63. The van der Waals surface area contributed by atoms with Gasteiger partial charge in [-0.1, -0.05) is 17.1 Å². The van der Waals surface area contributed by atoms with Crippen LogP contribution in [0.4, 0.5) is 0 Å². The summed E-state index contributed by atoms with van der Waals surface area (Å²) in [6.45, 7) is 2.37. The van der Waals surface area contributed by atoms with E-state index in [4.69, 9.17) is 5.53 Å². The fourth-order valence-electron chi connectivity index (χ4n) is 0.913. The number of nitrogens with zero attached hydrogens (tertiary/aromatic N) is 4. The van der Waals surface area contributed by atoms with Crippen LogP contribution in [0.15, 0.2) is 23.4 Å². The first-order valence-corrected chi connectivity index (χ1v) is 4.26. The molecule has 0 aliphatic carbocycles. The number of rotatable bonds is 2. The Kier molecular flexibility index (Phi) is 4.06. The van der Waals surface area contributed by atoms with Gasteiger partial charge >= 0.3 is 0 Å². The van der Waals surface area contributed by atoms with Crippen molar-refractivity contribution >= 4 is 0 Å². The second-order valence-corrected chi connectivity index (χ2v) is 2.68. The number of azide groups is 1. The zero-order chi connectivity index (χ0) is 10.2. The molecule has 0 saturated heterocycles. The maximum absolute atomic E-state index is 8.02. The summed E-state index contributed by atoms with van der Waals surface area (Å²) in [5.74, 6) is 5.83. The monoisotopic (exact) mass is 186 g/mol. The number of aromatic nitrogens is 1. The van der Waals surface area contributed by atoms with Crippen molar-refractivity contribution in [2.75, 3.05) is 6.54 Å². The first-order valence-electron chi connectivity index (χ1n) is 4.26. The molecule has 4 heteroatoms. The summed E-state index contributed by atoms with van der Waals surface area (Å²) in [5, 5.41) is 3.38. The van der Waals surface area contributed by atoms with Gasteiger partial charge in [-0.3, -0.25) is 0 Å². The second-order valence-electron chi connectivity index (χ2n) is 2.68. The lowest BCUT2D eigenvalue weighted by Crippen LogP contribution is -1.85. The zero-order valence-electron chi connectivity index (χ0n) is 7.94. The van der Waals surface area contributed by atoms with E-state index in [0.717, 1.165) is 11.3 Å². The highest BCUT2D eigenvalue weighted by Gasteiger charge is 1.91. The quantitative estimate of drug-likeness (QED) is 0.230. The number of hydrogen-bond acceptors (Lipinski definition) is 2. The Bertz CT molecular complexity index is 408. The van der Waals surface area contributed by atoms with Gasteiger partial charge in [0.2, 0.25) is 0 Å². The van der Waals surface area contributed by atoms with E-state index in [-0.39, 0.29) is 0 Å². The molecule has 0 N–H and O–H groups in total. The molecule has 0 aromatic carbocycles. The minimum Gasteiger partial charge on any atom is -0.248 e. The van der Waals surface area contributed by atoms with Gasteiger partial charge in [0.25, 0.3) is 0 Å². The minimum atomic E-state index is 0.412. The molecule has 0 radical (unpaired) electrons.